The van der Waals surface area contributed by atoms with Gasteiger partial charge in [-0.1, -0.05) is 0 Å². The van der Waals surface area contributed by atoms with Crippen LogP contribution in [0.15, 0.2) is 12.1 Å². The SMILES string of the molecule is CN1CCC[C@H]1CNc1ccc2nnc(C(F)(F)F)n2n1. The Hall–Kier alpha value is -1.90. The molecule has 0 radical (unpaired) electrons. The number of nitrogens with one attached hydrogen (secondary N) is 1. The molecule has 1 aliphatic heterocycles. The molecular formula is C12H15F3N6. The molecule has 1 N–H and O–H groups in total. The van der Waals surface area contributed by atoms with Gasteiger partial charge in [-0.15, -0.1) is 15.3 Å². The summed E-state index contributed by atoms with van der Waals surface area (Å²) in [5.41, 5.74) is 0.0749. The third kappa shape index (κ3) is 2.78. The highest BCUT2D eigenvalue weighted by Gasteiger charge is 2.37. The molecule has 0 bridgehead atoms. The van der Waals surface area contributed by atoms with Crippen molar-refractivity contribution in [1.82, 2.24) is 24.7 Å². The van der Waals surface area contributed by atoms with Crippen LogP contribution in [0.4, 0.5) is 19.0 Å². The van der Waals surface area contributed by atoms with Crippen LogP contribution in [0.25, 0.3) is 5.65 Å². The van der Waals surface area contributed by atoms with Gasteiger partial charge in [-0.05, 0) is 38.6 Å². The van der Waals surface area contributed by atoms with E-state index in [4.69, 9.17) is 0 Å². The van der Waals surface area contributed by atoms with E-state index < -0.39 is 12.0 Å². The quantitative estimate of drug-likeness (QED) is 0.934. The Morgan fingerprint density at radius 2 is 2.14 bits per heavy atom. The minimum atomic E-state index is -4.57. The summed E-state index contributed by atoms with van der Waals surface area (Å²) in [5.74, 6) is -0.729. The van der Waals surface area contributed by atoms with Crippen molar-refractivity contribution < 1.29 is 13.2 Å². The number of hydrogen-bond acceptors (Lipinski definition) is 5. The van der Waals surface area contributed by atoms with Crippen molar-refractivity contribution in [1.29, 1.82) is 0 Å². The first-order valence-electron chi connectivity index (χ1n) is 6.69. The zero-order valence-corrected chi connectivity index (χ0v) is 11.4. The Bertz CT molecular complexity index is 637. The fraction of sp³-hybridized carbons (Fsp3) is 0.583. The molecule has 1 saturated heterocycles. The summed E-state index contributed by atoms with van der Waals surface area (Å²) in [6.45, 7) is 1.70. The van der Waals surface area contributed by atoms with Crippen LogP contribution >= 0.6 is 0 Å². The molecule has 0 aliphatic carbocycles. The van der Waals surface area contributed by atoms with Gasteiger partial charge in [0.05, 0.1) is 0 Å². The molecule has 2 aromatic heterocycles. The van der Waals surface area contributed by atoms with E-state index in [0.717, 1.165) is 23.9 Å². The molecule has 0 amide bonds. The molecule has 1 atom stereocenters. The average Bonchev–Trinajstić information content (AvgIpc) is 3.01. The first-order valence-corrected chi connectivity index (χ1v) is 6.69. The molecule has 3 rings (SSSR count). The van der Waals surface area contributed by atoms with Gasteiger partial charge in [0.1, 0.15) is 5.82 Å². The zero-order valence-electron chi connectivity index (χ0n) is 11.4. The molecule has 2 aromatic rings. The van der Waals surface area contributed by atoms with Gasteiger partial charge in [-0.25, -0.2) is 0 Å². The number of fused-ring (bicyclic) bond motifs is 1. The molecule has 9 heteroatoms. The van der Waals surface area contributed by atoms with Gasteiger partial charge in [0.25, 0.3) is 5.82 Å². The van der Waals surface area contributed by atoms with Crippen LogP contribution in [0.5, 0.6) is 0 Å². The summed E-state index contributed by atoms with van der Waals surface area (Å²) < 4.78 is 39.0. The Balaban J connectivity index is 1.80. The van der Waals surface area contributed by atoms with Crippen LogP contribution in [0, 0.1) is 0 Å². The van der Waals surface area contributed by atoms with E-state index in [0.29, 0.717) is 18.4 Å². The van der Waals surface area contributed by atoms with Crippen LogP contribution in [0.1, 0.15) is 18.7 Å². The van der Waals surface area contributed by atoms with Crippen molar-refractivity contribution in [2.24, 2.45) is 0 Å². The van der Waals surface area contributed by atoms with E-state index in [9.17, 15) is 13.2 Å². The summed E-state index contributed by atoms with van der Waals surface area (Å²) >= 11 is 0. The number of likely N-dealkylation sites (tertiary alicyclic amines) is 1. The third-order valence-electron chi connectivity index (χ3n) is 3.71. The second-order valence-corrected chi connectivity index (χ2v) is 5.17. The van der Waals surface area contributed by atoms with Gasteiger partial charge in [0, 0.05) is 12.6 Å². The summed E-state index contributed by atoms with van der Waals surface area (Å²) in [6, 6.07) is 3.46. The van der Waals surface area contributed by atoms with E-state index >= 15 is 0 Å². The third-order valence-corrected chi connectivity index (χ3v) is 3.71. The van der Waals surface area contributed by atoms with Crippen molar-refractivity contribution in [3.8, 4) is 0 Å². The standard InChI is InChI=1S/C12H15F3N6/c1-20-6-2-3-8(20)7-16-9-4-5-10-17-18-11(12(13,14)15)21(10)19-9/h4-5,8H,2-3,6-7H2,1H3,(H,16,19)/t8-/m0/s1. The maximum absolute atomic E-state index is 12.8. The molecule has 0 saturated carbocycles. The summed E-state index contributed by atoms with van der Waals surface area (Å²) in [5, 5.41) is 13.6. The van der Waals surface area contributed by atoms with Gasteiger partial charge in [0.2, 0.25) is 0 Å². The molecular weight excluding hydrogens is 285 g/mol. The first-order chi connectivity index (χ1) is 9.95. The topological polar surface area (TPSA) is 58.3 Å². The van der Waals surface area contributed by atoms with Crippen LogP contribution in [0.3, 0.4) is 0 Å². The van der Waals surface area contributed by atoms with Gasteiger partial charge in [-0.2, -0.15) is 17.7 Å². The molecule has 114 valence electrons. The Labute approximate surface area is 119 Å². The highest BCUT2D eigenvalue weighted by Crippen LogP contribution is 2.27. The predicted octanol–water partition coefficient (Wildman–Crippen LogP) is 1.65. The number of halogens is 3. The van der Waals surface area contributed by atoms with Crippen LogP contribution in [-0.4, -0.2) is 50.9 Å². The van der Waals surface area contributed by atoms with Crippen LogP contribution in [-0.2, 0) is 6.18 Å². The summed E-state index contributed by atoms with van der Waals surface area (Å²) in [7, 11) is 2.04. The minimum Gasteiger partial charge on any atom is -0.367 e. The van der Waals surface area contributed by atoms with E-state index in [1.54, 1.807) is 6.07 Å². The minimum absolute atomic E-state index is 0.0749. The zero-order chi connectivity index (χ0) is 15.0. The van der Waals surface area contributed by atoms with E-state index in [1.165, 1.54) is 6.07 Å². The largest absolute Gasteiger partial charge is 0.453 e. The smallest absolute Gasteiger partial charge is 0.367 e. The number of likely N-dealkylation sites (N-methyl/N-ethyl adjacent to an activating group) is 1. The van der Waals surface area contributed by atoms with Crippen LogP contribution < -0.4 is 5.32 Å². The molecule has 0 unspecified atom stereocenters. The average molecular weight is 300 g/mol. The maximum Gasteiger partial charge on any atom is 0.453 e. The lowest BCUT2D eigenvalue weighted by Gasteiger charge is -2.19. The number of rotatable bonds is 3. The molecule has 1 aliphatic rings. The van der Waals surface area contributed by atoms with Crippen LogP contribution in [0.2, 0.25) is 0 Å². The second kappa shape index (κ2) is 5.14. The highest BCUT2D eigenvalue weighted by atomic mass is 19.4. The lowest BCUT2D eigenvalue weighted by atomic mass is 10.2. The summed E-state index contributed by atoms with van der Waals surface area (Å²) in [4.78, 5) is 2.23. The Kier molecular flexibility index (Phi) is 3.44. The maximum atomic E-state index is 12.8. The summed E-state index contributed by atoms with van der Waals surface area (Å²) in [6.07, 6.45) is -2.36. The molecule has 1 fully saturated rings. The van der Waals surface area contributed by atoms with Gasteiger partial charge < -0.3 is 10.2 Å². The van der Waals surface area contributed by atoms with E-state index in [1.807, 2.05) is 7.05 Å². The number of aromatic nitrogens is 4. The Morgan fingerprint density at radius 1 is 1.33 bits per heavy atom. The first kappa shape index (κ1) is 14.1. The highest BCUT2D eigenvalue weighted by molar-refractivity contribution is 5.44. The lowest BCUT2D eigenvalue weighted by molar-refractivity contribution is -0.146. The monoisotopic (exact) mass is 300 g/mol. The number of anilines is 1. The van der Waals surface area contributed by atoms with Crippen molar-refractivity contribution in [2.75, 3.05) is 25.5 Å². The second-order valence-electron chi connectivity index (χ2n) is 5.17. The van der Waals surface area contributed by atoms with Gasteiger partial charge in [-0.3, -0.25) is 0 Å². The Morgan fingerprint density at radius 3 is 2.81 bits per heavy atom. The van der Waals surface area contributed by atoms with Crippen molar-refractivity contribution in [3.05, 3.63) is 18.0 Å². The number of hydrogen-bond donors (Lipinski definition) is 1. The molecule has 0 aromatic carbocycles. The molecule has 21 heavy (non-hydrogen) atoms. The van der Waals surface area contributed by atoms with Gasteiger partial charge in [0.15, 0.2) is 5.65 Å². The van der Waals surface area contributed by atoms with Crippen molar-refractivity contribution in [3.63, 3.8) is 0 Å². The molecule has 0 spiro atoms. The molecule has 3 heterocycles. The molecule has 6 nitrogen and oxygen atoms in total. The van der Waals surface area contributed by atoms with Crippen molar-refractivity contribution in [2.45, 2.75) is 25.1 Å². The lowest BCUT2D eigenvalue weighted by Crippen LogP contribution is -2.31. The van der Waals surface area contributed by atoms with Crippen molar-refractivity contribution >= 4 is 11.5 Å². The number of nitrogens with zero attached hydrogens (tertiary/aromatic N) is 5. The van der Waals surface area contributed by atoms with E-state index in [2.05, 4.69) is 25.5 Å². The normalized spacial score (nSPS) is 20.3. The fourth-order valence-corrected chi connectivity index (χ4v) is 2.52. The fourth-order valence-electron chi connectivity index (χ4n) is 2.52. The van der Waals surface area contributed by atoms with E-state index in [-0.39, 0.29) is 5.65 Å². The number of alkyl halides is 3. The van der Waals surface area contributed by atoms with Gasteiger partial charge >= 0.3 is 6.18 Å². The predicted molar refractivity (Wildman–Crippen MR) is 69.9 cm³/mol.